The fraction of sp³-hybridized carbons (Fsp3) is 0.400. The van der Waals surface area contributed by atoms with Gasteiger partial charge in [-0.3, -0.25) is 24.0 Å². The molecule has 2 bridgehead atoms. The third kappa shape index (κ3) is 9.73. The highest BCUT2D eigenvalue weighted by atomic mass is 16.5. The Labute approximate surface area is 324 Å². The number of nitrogens with zero attached hydrogens (tertiary/aromatic N) is 3. The Bertz CT molecular complexity index is 2080. The van der Waals surface area contributed by atoms with E-state index in [0.29, 0.717) is 46.7 Å². The van der Waals surface area contributed by atoms with Gasteiger partial charge in [-0.15, -0.1) is 0 Å². The first-order chi connectivity index (χ1) is 26.8. The summed E-state index contributed by atoms with van der Waals surface area (Å²) in [4.78, 5) is 69.5. The van der Waals surface area contributed by atoms with Crippen LogP contribution in [-0.4, -0.2) is 101 Å². The van der Waals surface area contributed by atoms with E-state index in [2.05, 4.69) is 26.4 Å². The lowest BCUT2D eigenvalue weighted by molar-refractivity contribution is -0.135. The monoisotopic (exact) mass is 771 g/mol. The van der Waals surface area contributed by atoms with E-state index in [4.69, 9.17) is 14.2 Å². The van der Waals surface area contributed by atoms with Crippen molar-refractivity contribution in [1.29, 1.82) is 0 Å². The number of ether oxygens (including phenoxy) is 3. The largest absolute Gasteiger partial charge is 0.496 e. The van der Waals surface area contributed by atoms with Crippen LogP contribution in [0.15, 0.2) is 60.9 Å². The molecule has 1 aliphatic heterocycles. The maximum atomic E-state index is 14.0. The summed E-state index contributed by atoms with van der Waals surface area (Å²) in [5, 5.41) is 25.9. The van der Waals surface area contributed by atoms with Crippen LogP contribution in [0.4, 0.5) is 0 Å². The maximum Gasteiger partial charge on any atom is 0.258 e. The Balaban J connectivity index is 1.47. The number of nitrogens with one attached hydrogen (secondary N) is 4. The Morgan fingerprint density at radius 3 is 2.39 bits per heavy atom. The van der Waals surface area contributed by atoms with Crippen LogP contribution in [0.5, 0.6) is 23.0 Å². The molecule has 0 spiro atoms. The minimum absolute atomic E-state index is 0.0769. The second-order valence-electron chi connectivity index (χ2n) is 13.9. The summed E-state index contributed by atoms with van der Waals surface area (Å²) in [5.41, 5.74) is 2.54. The summed E-state index contributed by atoms with van der Waals surface area (Å²) < 4.78 is 19.0. The minimum atomic E-state index is -1.45. The molecule has 0 unspecified atom stereocenters. The van der Waals surface area contributed by atoms with E-state index >= 15 is 0 Å². The number of aryl methyl sites for hydroxylation is 1. The molecule has 5 rings (SSSR count). The standard InChI is InChI=1S/C40H49N7O9/c1-23(2)35-38(51)42-19-28-30(54-5)10-9-11-31(28)56-33-18-26(13-15-32(33)55-6)37(50)41-16-7-8-17-46(22-34(49)44-36(25(4)48)39(52)45-35)40(53)27-20-43-47-21-24(3)12-14-29(27)47/h9-15,18,20-21,23,25,35-36,48H,7-8,16-17,19,22H2,1-6H3,(H,41,50)(H,42,51)(H,44,49)(H,45,52)/t25-,35-,36+/m1/s1. The van der Waals surface area contributed by atoms with Gasteiger partial charge in [0.15, 0.2) is 11.5 Å². The van der Waals surface area contributed by atoms with Crippen LogP contribution in [-0.2, 0) is 20.9 Å². The van der Waals surface area contributed by atoms with Crippen molar-refractivity contribution < 1.29 is 43.3 Å². The van der Waals surface area contributed by atoms with Gasteiger partial charge < -0.3 is 45.5 Å². The molecule has 2 aromatic heterocycles. The lowest BCUT2D eigenvalue weighted by Crippen LogP contribution is -2.59. The van der Waals surface area contributed by atoms with E-state index in [-0.39, 0.29) is 36.9 Å². The van der Waals surface area contributed by atoms with Gasteiger partial charge in [0, 0.05) is 24.8 Å². The first-order valence-corrected chi connectivity index (χ1v) is 18.4. The minimum Gasteiger partial charge on any atom is -0.496 e. The van der Waals surface area contributed by atoms with Crippen LogP contribution in [0.1, 0.15) is 65.5 Å². The van der Waals surface area contributed by atoms with Crippen molar-refractivity contribution in [3.63, 3.8) is 0 Å². The molecule has 2 aromatic carbocycles. The zero-order valence-electron chi connectivity index (χ0n) is 32.4. The number of carbonyl (C=O) groups is 5. The van der Waals surface area contributed by atoms with E-state index in [1.165, 1.54) is 32.2 Å². The van der Waals surface area contributed by atoms with Crippen molar-refractivity contribution in [2.24, 2.45) is 5.92 Å². The summed E-state index contributed by atoms with van der Waals surface area (Å²) in [7, 11) is 2.95. The fourth-order valence-electron chi connectivity index (χ4n) is 6.29. The highest BCUT2D eigenvalue weighted by Crippen LogP contribution is 2.37. The van der Waals surface area contributed by atoms with E-state index in [1.54, 1.807) is 67.0 Å². The molecule has 0 saturated carbocycles. The normalized spacial score (nSPS) is 18.5. The molecule has 5 N–H and O–H groups in total. The molecule has 1 aliphatic rings. The summed E-state index contributed by atoms with van der Waals surface area (Å²) in [6.45, 7) is 6.57. The molecule has 56 heavy (non-hydrogen) atoms. The number of aliphatic hydroxyl groups is 1. The Hall–Kier alpha value is -6.16. The van der Waals surface area contributed by atoms with Crippen molar-refractivity contribution >= 4 is 35.1 Å². The summed E-state index contributed by atoms with van der Waals surface area (Å²) in [6.07, 6.45) is 2.71. The third-order valence-electron chi connectivity index (χ3n) is 9.38. The van der Waals surface area contributed by atoms with Gasteiger partial charge in [-0.25, -0.2) is 4.52 Å². The van der Waals surface area contributed by atoms with Crippen LogP contribution in [0.25, 0.3) is 5.52 Å². The number of fused-ring (bicyclic) bond motifs is 4. The molecule has 0 fully saturated rings. The van der Waals surface area contributed by atoms with Crippen molar-refractivity contribution in [3.05, 3.63) is 83.2 Å². The summed E-state index contributed by atoms with van der Waals surface area (Å²) in [5.74, 6) is -1.96. The highest BCUT2D eigenvalue weighted by molar-refractivity contribution is 6.02. The molecule has 16 heteroatoms. The first-order valence-electron chi connectivity index (χ1n) is 18.4. The number of hydrogen-bond donors (Lipinski definition) is 5. The number of hydrogen-bond acceptors (Lipinski definition) is 10. The van der Waals surface area contributed by atoms with Crippen molar-refractivity contribution in [3.8, 4) is 23.0 Å². The molecule has 0 aliphatic carbocycles. The number of methoxy groups -OCH3 is 2. The number of pyridine rings is 1. The zero-order valence-corrected chi connectivity index (χ0v) is 32.4. The Morgan fingerprint density at radius 2 is 1.68 bits per heavy atom. The van der Waals surface area contributed by atoms with Gasteiger partial charge in [0.25, 0.3) is 11.8 Å². The zero-order chi connectivity index (χ0) is 40.5. The molecule has 4 aromatic rings. The molecule has 5 amide bonds. The molecule has 0 saturated heterocycles. The highest BCUT2D eigenvalue weighted by Gasteiger charge is 2.32. The number of carbonyl (C=O) groups excluding carboxylic acids is 5. The smallest absolute Gasteiger partial charge is 0.258 e. The Kier molecular flexibility index (Phi) is 13.5. The average Bonchev–Trinajstić information content (AvgIpc) is 3.59. The van der Waals surface area contributed by atoms with Gasteiger partial charge in [-0.2, -0.15) is 5.10 Å². The number of aliphatic hydroxyl groups excluding tert-OH is 1. The van der Waals surface area contributed by atoms with Gasteiger partial charge in [0.05, 0.1) is 56.3 Å². The van der Waals surface area contributed by atoms with Gasteiger partial charge >= 0.3 is 0 Å². The van der Waals surface area contributed by atoms with E-state index in [0.717, 1.165) is 5.56 Å². The van der Waals surface area contributed by atoms with Gasteiger partial charge in [0.2, 0.25) is 17.7 Å². The topological polar surface area (TPSA) is 202 Å². The lowest BCUT2D eigenvalue weighted by Gasteiger charge is -2.28. The van der Waals surface area contributed by atoms with Crippen molar-refractivity contribution in [2.45, 2.75) is 65.3 Å². The molecular weight excluding hydrogens is 722 g/mol. The fourth-order valence-corrected chi connectivity index (χ4v) is 6.29. The number of aromatic nitrogens is 2. The first kappa shape index (κ1) is 41.0. The Morgan fingerprint density at radius 1 is 0.911 bits per heavy atom. The molecule has 3 atom stereocenters. The predicted octanol–water partition coefficient (Wildman–Crippen LogP) is 2.74. The number of benzene rings is 2. The molecular formula is C40H49N7O9. The van der Waals surface area contributed by atoms with Crippen molar-refractivity contribution in [2.75, 3.05) is 33.9 Å². The molecule has 3 heterocycles. The average molecular weight is 772 g/mol. The van der Waals surface area contributed by atoms with Gasteiger partial charge in [-0.05, 0) is 74.6 Å². The second kappa shape index (κ2) is 18.4. The number of amides is 5. The van der Waals surface area contributed by atoms with Crippen LogP contribution in [0, 0.1) is 12.8 Å². The van der Waals surface area contributed by atoms with E-state index in [1.807, 2.05) is 13.0 Å². The SMILES string of the molecule is COc1ccc2cc1Oc1cccc(OC)c1CNC(=O)[C@@H](C(C)C)NC(=O)[C@H]([C@@H](C)O)NC(=O)CN(C(=O)c1cnn3cc(C)ccc13)CCCCNC2=O. The number of rotatable bonds is 5. The predicted molar refractivity (Wildman–Crippen MR) is 206 cm³/mol. The molecule has 298 valence electrons. The van der Waals surface area contributed by atoms with E-state index < -0.39 is 54.3 Å². The maximum absolute atomic E-state index is 14.0. The lowest BCUT2D eigenvalue weighted by atomic mass is 10.0. The van der Waals surface area contributed by atoms with Crippen LogP contribution in [0.3, 0.4) is 0 Å². The molecule has 16 nitrogen and oxygen atoms in total. The van der Waals surface area contributed by atoms with Crippen LogP contribution < -0.4 is 35.5 Å². The van der Waals surface area contributed by atoms with Crippen LogP contribution in [0.2, 0.25) is 0 Å². The van der Waals surface area contributed by atoms with Gasteiger partial charge in [0.1, 0.15) is 23.6 Å². The third-order valence-corrected chi connectivity index (χ3v) is 9.38. The van der Waals surface area contributed by atoms with E-state index in [9.17, 15) is 29.1 Å². The van der Waals surface area contributed by atoms with Gasteiger partial charge in [-0.1, -0.05) is 26.0 Å². The van der Waals surface area contributed by atoms with Crippen molar-refractivity contribution in [1.82, 2.24) is 35.8 Å². The summed E-state index contributed by atoms with van der Waals surface area (Å²) >= 11 is 0. The molecule has 0 radical (unpaired) electrons. The summed E-state index contributed by atoms with van der Waals surface area (Å²) in [6, 6.07) is 10.9. The van der Waals surface area contributed by atoms with Crippen LogP contribution >= 0.6 is 0 Å². The second-order valence-corrected chi connectivity index (χ2v) is 13.9. The quantitative estimate of drug-likeness (QED) is 0.201.